The number of aromatic carboxylic acids is 1. The lowest BCUT2D eigenvalue weighted by molar-refractivity contribution is 0.0693. The summed E-state index contributed by atoms with van der Waals surface area (Å²) in [4.78, 5) is 10.7. The van der Waals surface area contributed by atoms with Crippen LogP contribution >= 0.6 is 0 Å². The Balaban J connectivity index is 3.38. The third kappa shape index (κ3) is 1.56. The number of carboxylic acids is 1. The monoisotopic (exact) mass is 181 g/mol. The fourth-order valence-electron chi connectivity index (χ4n) is 1.14. The smallest absolute Gasteiger partial charge is 0.339 e. The predicted octanol–water partition coefficient (Wildman–Crippen LogP) is 1.28. The summed E-state index contributed by atoms with van der Waals surface area (Å²) in [7, 11) is 1.42. The number of hydrogen-bond acceptors (Lipinski definition) is 3. The van der Waals surface area contributed by atoms with Gasteiger partial charge in [-0.15, -0.1) is 0 Å². The van der Waals surface area contributed by atoms with Gasteiger partial charge in [0.2, 0.25) is 0 Å². The highest BCUT2D eigenvalue weighted by Crippen LogP contribution is 2.27. The molecular formula is C9H11NO3. The lowest BCUT2D eigenvalue weighted by Gasteiger charge is -2.09. The first kappa shape index (κ1) is 9.38. The van der Waals surface area contributed by atoms with E-state index in [4.69, 9.17) is 15.6 Å². The molecule has 0 radical (unpaired) electrons. The maximum atomic E-state index is 10.7. The number of hydrogen-bond donors (Lipinski definition) is 2. The van der Waals surface area contributed by atoms with E-state index in [1.165, 1.54) is 13.2 Å². The first-order chi connectivity index (χ1) is 6.07. The van der Waals surface area contributed by atoms with E-state index in [0.29, 0.717) is 17.0 Å². The van der Waals surface area contributed by atoms with Crippen LogP contribution in [0.25, 0.3) is 0 Å². The molecule has 0 amide bonds. The van der Waals surface area contributed by atoms with Gasteiger partial charge in [-0.2, -0.15) is 0 Å². The zero-order chi connectivity index (χ0) is 10.0. The lowest BCUT2D eigenvalue weighted by atomic mass is 10.1. The van der Waals surface area contributed by atoms with E-state index in [9.17, 15) is 4.79 Å². The third-order valence-corrected chi connectivity index (χ3v) is 1.88. The minimum Gasteiger partial charge on any atom is -0.495 e. The van der Waals surface area contributed by atoms with Crippen LogP contribution < -0.4 is 10.5 Å². The van der Waals surface area contributed by atoms with Crippen molar-refractivity contribution < 1.29 is 14.6 Å². The summed E-state index contributed by atoms with van der Waals surface area (Å²) in [5, 5.41) is 8.79. The van der Waals surface area contributed by atoms with Crippen molar-refractivity contribution in [3.05, 3.63) is 23.3 Å². The normalized spacial score (nSPS) is 9.69. The molecule has 0 aliphatic carbocycles. The van der Waals surface area contributed by atoms with Crippen LogP contribution in [-0.4, -0.2) is 18.2 Å². The molecule has 0 aromatic heterocycles. The Morgan fingerprint density at radius 3 is 2.62 bits per heavy atom. The standard InChI is InChI=1S/C9H11NO3/c1-5-7(10)4-3-6(9(11)12)8(5)13-2/h3-4H,10H2,1-2H3,(H,11,12). The molecule has 0 fully saturated rings. The molecule has 4 heteroatoms. The van der Waals surface area contributed by atoms with Crippen LogP contribution in [0.5, 0.6) is 5.75 Å². The van der Waals surface area contributed by atoms with Crippen molar-refractivity contribution in [3.63, 3.8) is 0 Å². The van der Waals surface area contributed by atoms with E-state index in [2.05, 4.69) is 0 Å². The first-order valence-electron chi connectivity index (χ1n) is 3.74. The molecule has 0 unspecified atom stereocenters. The minimum atomic E-state index is -1.01. The van der Waals surface area contributed by atoms with Crippen LogP contribution in [0.2, 0.25) is 0 Å². The van der Waals surface area contributed by atoms with Crippen molar-refractivity contribution >= 4 is 11.7 Å². The van der Waals surface area contributed by atoms with Gasteiger partial charge in [0.25, 0.3) is 0 Å². The number of carboxylic acid groups (broad SMARTS) is 1. The van der Waals surface area contributed by atoms with Gasteiger partial charge in [0.05, 0.1) is 7.11 Å². The molecule has 0 bridgehead atoms. The van der Waals surface area contributed by atoms with E-state index < -0.39 is 5.97 Å². The Bertz CT molecular complexity index is 347. The van der Waals surface area contributed by atoms with Crippen LogP contribution in [-0.2, 0) is 0 Å². The second kappa shape index (κ2) is 3.35. The van der Waals surface area contributed by atoms with Crippen LogP contribution in [0.4, 0.5) is 5.69 Å². The van der Waals surface area contributed by atoms with Crippen LogP contribution in [0.3, 0.4) is 0 Å². The average Bonchev–Trinajstić information content (AvgIpc) is 2.09. The quantitative estimate of drug-likeness (QED) is 0.674. The molecule has 0 aliphatic heterocycles. The van der Waals surface area contributed by atoms with E-state index in [-0.39, 0.29) is 5.56 Å². The number of ether oxygens (including phenoxy) is 1. The summed E-state index contributed by atoms with van der Waals surface area (Å²) in [5.74, 6) is -0.688. The van der Waals surface area contributed by atoms with Gasteiger partial charge in [-0.25, -0.2) is 4.79 Å². The summed E-state index contributed by atoms with van der Waals surface area (Å²) in [6.45, 7) is 1.72. The zero-order valence-corrected chi connectivity index (χ0v) is 7.50. The summed E-state index contributed by atoms with van der Waals surface area (Å²) in [6, 6.07) is 2.99. The Morgan fingerprint density at radius 1 is 1.54 bits per heavy atom. The Kier molecular flexibility index (Phi) is 2.41. The molecule has 1 rings (SSSR count). The third-order valence-electron chi connectivity index (χ3n) is 1.88. The van der Waals surface area contributed by atoms with Gasteiger partial charge >= 0.3 is 5.97 Å². The van der Waals surface area contributed by atoms with Gasteiger partial charge in [0.1, 0.15) is 11.3 Å². The zero-order valence-electron chi connectivity index (χ0n) is 7.50. The highest BCUT2D eigenvalue weighted by atomic mass is 16.5. The average molecular weight is 181 g/mol. The number of nitrogens with two attached hydrogens (primary N) is 1. The SMILES string of the molecule is COc1c(C(=O)O)ccc(N)c1C. The second-order valence-electron chi connectivity index (χ2n) is 2.67. The molecule has 70 valence electrons. The van der Waals surface area contributed by atoms with E-state index in [0.717, 1.165) is 0 Å². The summed E-state index contributed by atoms with van der Waals surface area (Å²) < 4.78 is 4.96. The number of rotatable bonds is 2. The fourth-order valence-corrected chi connectivity index (χ4v) is 1.14. The van der Waals surface area contributed by atoms with Gasteiger partial charge in [-0.1, -0.05) is 0 Å². The molecule has 0 heterocycles. The molecule has 3 N–H and O–H groups in total. The molecule has 0 saturated carbocycles. The van der Waals surface area contributed by atoms with E-state index in [1.54, 1.807) is 13.0 Å². The largest absolute Gasteiger partial charge is 0.495 e. The predicted molar refractivity (Wildman–Crippen MR) is 49.1 cm³/mol. The molecule has 0 atom stereocenters. The molecule has 0 aliphatic rings. The minimum absolute atomic E-state index is 0.134. The number of benzene rings is 1. The van der Waals surface area contributed by atoms with Gasteiger partial charge in [0.15, 0.2) is 0 Å². The van der Waals surface area contributed by atoms with Gasteiger partial charge < -0.3 is 15.6 Å². The van der Waals surface area contributed by atoms with Crippen LogP contribution in [0.1, 0.15) is 15.9 Å². The van der Waals surface area contributed by atoms with Crippen molar-refractivity contribution in [2.24, 2.45) is 0 Å². The van der Waals surface area contributed by atoms with E-state index >= 15 is 0 Å². The molecule has 1 aromatic rings. The number of methoxy groups -OCH3 is 1. The van der Waals surface area contributed by atoms with Crippen molar-refractivity contribution in [3.8, 4) is 5.75 Å². The molecule has 4 nitrogen and oxygen atoms in total. The highest BCUT2D eigenvalue weighted by molar-refractivity contribution is 5.92. The van der Waals surface area contributed by atoms with Crippen LogP contribution in [0, 0.1) is 6.92 Å². The van der Waals surface area contributed by atoms with Gasteiger partial charge in [0, 0.05) is 11.3 Å². The number of carbonyl (C=O) groups is 1. The first-order valence-corrected chi connectivity index (χ1v) is 3.74. The molecule has 0 saturated heterocycles. The number of nitrogen functional groups attached to an aromatic ring is 1. The summed E-state index contributed by atoms with van der Waals surface area (Å²) in [6.07, 6.45) is 0. The van der Waals surface area contributed by atoms with Gasteiger partial charge in [-0.05, 0) is 19.1 Å². The highest BCUT2D eigenvalue weighted by Gasteiger charge is 2.14. The molecule has 13 heavy (non-hydrogen) atoms. The fraction of sp³-hybridized carbons (Fsp3) is 0.222. The summed E-state index contributed by atoms with van der Waals surface area (Å²) in [5.41, 5.74) is 6.91. The Morgan fingerprint density at radius 2 is 2.15 bits per heavy atom. The second-order valence-corrected chi connectivity index (χ2v) is 2.67. The van der Waals surface area contributed by atoms with Crippen molar-refractivity contribution in [1.82, 2.24) is 0 Å². The summed E-state index contributed by atoms with van der Waals surface area (Å²) >= 11 is 0. The topological polar surface area (TPSA) is 72.5 Å². The maximum Gasteiger partial charge on any atom is 0.339 e. The van der Waals surface area contributed by atoms with Crippen LogP contribution in [0.15, 0.2) is 12.1 Å². The van der Waals surface area contributed by atoms with E-state index in [1.807, 2.05) is 0 Å². The Hall–Kier alpha value is -1.71. The van der Waals surface area contributed by atoms with Crippen molar-refractivity contribution in [2.75, 3.05) is 12.8 Å². The molecule has 1 aromatic carbocycles. The van der Waals surface area contributed by atoms with Gasteiger partial charge in [-0.3, -0.25) is 0 Å². The van der Waals surface area contributed by atoms with Crippen molar-refractivity contribution in [1.29, 1.82) is 0 Å². The molecule has 0 spiro atoms. The molecular weight excluding hydrogens is 170 g/mol. The Labute approximate surface area is 75.9 Å². The lowest BCUT2D eigenvalue weighted by Crippen LogP contribution is -2.03. The van der Waals surface area contributed by atoms with Crippen molar-refractivity contribution in [2.45, 2.75) is 6.92 Å². The number of anilines is 1. The maximum absolute atomic E-state index is 10.7.